The van der Waals surface area contributed by atoms with Crippen LogP contribution >= 0.6 is 11.3 Å². The number of nitriles is 1. The van der Waals surface area contributed by atoms with Gasteiger partial charge in [-0.15, -0.1) is 11.3 Å². The van der Waals surface area contributed by atoms with Crippen LogP contribution in [0.2, 0.25) is 0 Å². The molecular weight excluding hydrogens is 535 g/mol. The third kappa shape index (κ3) is 4.82. The van der Waals surface area contributed by atoms with E-state index in [4.69, 9.17) is 20.4 Å². The minimum absolute atomic E-state index is 0.318. The Bertz CT molecular complexity index is 1600. The molecule has 7 nitrogen and oxygen atoms in total. The van der Waals surface area contributed by atoms with Crippen LogP contribution in [-0.2, 0) is 24.4 Å². The average Bonchev–Trinajstić information content (AvgIpc) is 3.70. The molecule has 0 saturated carbocycles. The van der Waals surface area contributed by atoms with Gasteiger partial charge in [-0.25, -0.2) is 14.4 Å². The number of nitrogen functional groups attached to an aromatic ring is 1. The first-order chi connectivity index (χ1) is 19.8. The van der Waals surface area contributed by atoms with Gasteiger partial charge in [0.2, 0.25) is 5.95 Å². The Morgan fingerprint density at radius 2 is 2.07 bits per heavy atom. The Kier molecular flexibility index (Phi) is 8.46. The van der Waals surface area contributed by atoms with Gasteiger partial charge in [-0.3, -0.25) is 0 Å². The highest BCUT2D eigenvalue weighted by atomic mass is 32.1. The number of nitrogens with two attached hydrogens (primary N) is 1. The minimum Gasteiger partial charge on any atom is -0.389 e. The molecule has 1 fully saturated rings. The van der Waals surface area contributed by atoms with Gasteiger partial charge in [0.05, 0.1) is 29.2 Å². The van der Waals surface area contributed by atoms with Crippen LogP contribution in [0.3, 0.4) is 0 Å². The lowest BCUT2D eigenvalue weighted by atomic mass is 9.81. The molecule has 2 atom stereocenters. The van der Waals surface area contributed by atoms with Crippen molar-refractivity contribution >= 4 is 44.6 Å². The molecule has 0 aliphatic carbocycles. The molecule has 2 aliphatic rings. The fourth-order valence-electron chi connectivity index (χ4n) is 6.45. The van der Waals surface area contributed by atoms with Gasteiger partial charge in [0.15, 0.2) is 0 Å². The summed E-state index contributed by atoms with van der Waals surface area (Å²) in [5, 5.41) is 14.9. The van der Waals surface area contributed by atoms with Gasteiger partial charge in [-0.1, -0.05) is 25.5 Å². The van der Waals surface area contributed by atoms with Crippen molar-refractivity contribution in [2.75, 3.05) is 30.8 Å². The zero-order valence-corrected chi connectivity index (χ0v) is 25.6. The lowest BCUT2D eigenvalue weighted by Crippen LogP contribution is -2.34. The van der Waals surface area contributed by atoms with Crippen molar-refractivity contribution in [2.45, 2.75) is 73.1 Å². The molecule has 0 bridgehead atoms. The number of thiophene rings is 1. The highest BCUT2D eigenvalue weighted by Gasteiger charge is 2.34. The van der Waals surface area contributed by atoms with Crippen molar-refractivity contribution in [3.05, 3.63) is 56.1 Å². The minimum atomic E-state index is -0.380. The molecule has 0 radical (unpaired) electrons. The highest BCUT2D eigenvalue weighted by molar-refractivity contribution is 7.17. The number of allylic oxidation sites excluding steroid dienone is 2. The third-order valence-corrected chi connectivity index (χ3v) is 9.84. The SMILES string of the molecule is C/C=C(/F)c1sc(N)c(C#N)c1/C(=C(\C)CC)c1c2c(c3cnc(N4CCC(CNC)C4C)nc3c1CC)COC2. The largest absolute Gasteiger partial charge is 0.389 e. The number of hydrogen-bond donors (Lipinski definition) is 2. The standard InChI is InChI=1S/C32H39FN6OS/c1-7-17(4)26(28-21(12-34)31(35)41-30(28)25(33)9-3)27-20(8-2)29-22(23-15-40-16-24(23)27)14-37-32(38-29)39-11-10-19(13-36-6)18(39)5/h9,14,18-19,36H,7-8,10-11,13,15-16,35H2,1-6H3/b25-9+,26-17+. The van der Waals surface area contributed by atoms with Crippen molar-refractivity contribution in [2.24, 2.45) is 5.92 Å². The summed E-state index contributed by atoms with van der Waals surface area (Å²) in [6, 6.07) is 2.61. The van der Waals surface area contributed by atoms with E-state index in [-0.39, 0.29) is 5.83 Å². The van der Waals surface area contributed by atoms with E-state index < -0.39 is 0 Å². The number of ether oxygens (including phenoxy) is 1. The molecule has 3 N–H and O–H groups in total. The van der Waals surface area contributed by atoms with Crippen LogP contribution in [0, 0.1) is 17.2 Å². The predicted molar refractivity (Wildman–Crippen MR) is 166 cm³/mol. The summed E-state index contributed by atoms with van der Waals surface area (Å²) in [6.45, 7) is 13.0. The number of hydrogen-bond acceptors (Lipinski definition) is 8. The molecule has 0 amide bonds. The first-order valence-electron chi connectivity index (χ1n) is 14.5. The van der Waals surface area contributed by atoms with Crippen molar-refractivity contribution in [1.82, 2.24) is 15.3 Å². The number of anilines is 2. The smallest absolute Gasteiger partial charge is 0.226 e. The number of rotatable bonds is 8. The Hall–Kier alpha value is -3.32. The molecule has 9 heteroatoms. The third-order valence-electron chi connectivity index (χ3n) is 8.81. The van der Waals surface area contributed by atoms with E-state index >= 15 is 4.39 Å². The van der Waals surface area contributed by atoms with Crippen molar-refractivity contribution in [3.63, 3.8) is 0 Å². The molecule has 0 spiro atoms. The first-order valence-corrected chi connectivity index (χ1v) is 15.3. The summed E-state index contributed by atoms with van der Waals surface area (Å²) < 4.78 is 21.4. The van der Waals surface area contributed by atoms with Crippen LogP contribution < -0.4 is 16.0 Å². The Labute approximate surface area is 245 Å². The second kappa shape index (κ2) is 11.9. The topological polar surface area (TPSA) is 100 Å². The van der Waals surface area contributed by atoms with Gasteiger partial charge in [-0.05, 0) is 87.4 Å². The molecule has 216 valence electrons. The van der Waals surface area contributed by atoms with Gasteiger partial charge >= 0.3 is 0 Å². The van der Waals surface area contributed by atoms with Crippen LogP contribution in [-0.4, -0.2) is 36.1 Å². The second-order valence-corrected chi connectivity index (χ2v) is 12.0. The second-order valence-electron chi connectivity index (χ2n) is 10.9. The number of nitrogens with one attached hydrogen (secondary N) is 1. The fourth-order valence-corrected chi connectivity index (χ4v) is 7.44. The maximum atomic E-state index is 15.4. The van der Waals surface area contributed by atoms with Crippen LogP contribution in [0.25, 0.3) is 22.3 Å². The van der Waals surface area contributed by atoms with Crippen LogP contribution in [0.4, 0.5) is 15.3 Å². The quantitative estimate of drug-likeness (QED) is 0.308. The van der Waals surface area contributed by atoms with E-state index in [1.165, 1.54) is 6.08 Å². The number of halogens is 1. The lowest BCUT2D eigenvalue weighted by Gasteiger charge is -2.26. The van der Waals surface area contributed by atoms with Gasteiger partial charge < -0.3 is 20.7 Å². The Balaban J connectivity index is 1.82. The number of nitrogens with zero attached hydrogens (tertiary/aromatic N) is 4. The highest BCUT2D eigenvalue weighted by Crippen LogP contribution is 2.48. The summed E-state index contributed by atoms with van der Waals surface area (Å²) in [5.74, 6) is 0.887. The molecule has 2 aliphatic heterocycles. The number of benzene rings is 1. The molecule has 1 aromatic carbocycles. The molecule has 2 unspecified atom stereocenters. The van der Waals surface area contributed by atoms with Gasteiger partial charge in [-0.2, -0.15) is 5.26 Å². The van der Waals surface area contributed by atoms with Gasteiger partial charge in [0, 0.05) is 29.7 Å². The molecule has 2 aromatic heterocycles. The normalized spacial score (nSPS) is 19.6. The Morgan fingerprint density at radius 3 is 2.73 bits per heavy atom. The monoisotopic (exact) mass is 574 g/mol. The van der Waals surface area contributed by atoms with E-state index in [1.807, 2.05) is 13.2 Å². The number of fused-ring (bicyclic) bond motifs is 3. The fraction of sp³-hybridized carbons (Fsp3) is 0.469. The Morgan fingerprint density at radius 1 is 1.32 bits per heavy atom. The zero-order chi connectivity index (χ0) is 29.4. The first kappa shape index (κ1) is 29.2. The maximum absolute atomic E-state index is 15.4. The van der Waals surface area contributed by atoms with Gasteiger partial charge in [0.25, 0.3) is 0 Å². The number of aromatic nitrogens is 2. The molecule has 3 aromatic rings. The number of aryl methyl sites for hydroxylation is 1. The molecule has 1 saturated heterocycles. The van der Waals surface area contributed by atoms with Gasteiger partial charge in [0.1, 0.15) is 16.9 Å². The molecule has 4 heterocycles. The van der Waals surface area contributed by atoms with Crippen molar-refractivity contribution in [1.29, 1.82) is 5.26 Å². The van der Waals surface area contributed by atoms with Crippen LogP contribution in [0.5, 0.6) is 0 Å². The summed E-state index contributed by atoms with van der Waals surface area (Å²) in [6.07, 6.45) is 5.91. The van der Waals surface area contributed by atoms with E-state index in [9.17, 15) is 5.26 Å². The summed E-state index contributed by atoms with van der Waals surface area (Å²) in [5.41, 5.74) is 14.3. The molecule has 5 rings (SSSR count). The summed E-state index contributed by atoms with van der Waals surface area (Å²) >= 11 is 1.13. The predicted octanol–water partition coefficient (Wildman–Crippen LogP) is 6.73. The van der Waals surface area contributed by atoms with Crippen LogP contribution in [0.1, 0.15) is 85.7 Å². The van der Waals surface area contributed by atoms with Crippen LogP contribution in [0.15, 0.2) is 17.8 Å². The van der Waals surface area contributed by atoms with E-state index in [0.717, 1.165) is 87.5 Å². The molecular formula is C32H39FN6OS. The summed E-state index contributed by atoms with van der Waals surface area (Å²) in [7, 11) is 2.00. The average molecular weight is 575 g/mol. The van der Waals surface area contributed by atoms with Crippen molar-refractivity contribution < 1.29 is 9.13 Å². The van der Waals surface area contributed by atoms with E-state index in [0.29, 0.717) is 52.6 Å². The lowest BCUT2D eigenvalue weighted by molar-refractivity contribution is 0.135. The zero-order valence-electron chi connectivity index (χ0n) is 24.8. The summed E-state index contributed by atoms with van der Waals surface area (Å²) in [4.78, 5) is 12.8. The van der Waals surface area contributed by atoms with E-state index in [1.54, 1.807) is 6.92 Å². The van der Waals surface area contributed by atoms with Crippen molar-refractivity contribution in [3.8, 4) is 6.07 Å². The maximum Gasteiger partial charge on any atom is 0.226 e. The van der Waals surface area contributed by atoms with E-state index in [2.05, 4.69) is 44.0 Å². The molecule has 41 heavy (non-hydrogen) atoms.